The number of ether oxygens (including phenoxy) is 2. The highest BCUT2D eigenvalue weighted by atomic mass is 19.4. The molecule has 3 aromatic carbocycles. The standard InChI is InChI=1S/C35H17F24N3O3/c36-22(37)28(44,45)32(52,53)34(56,57)30(48,49)26(40,41)12-63-24-60-21(15-9-10-17-19(11-15)65-18-8-4-7-16(20(17)18)14-5-2-1-3-6-14)61-25(62-24)64-13-27(42,43)31(50,51)35(58,59)33(54,55)29(46,47)23(38)39/h1-11,22-23H,12-13H2. The van der Waals surface area contributed by atoms with Crippen molar-refractivity contribution in [3.05, 3.63) is 66.7 Å². The van der Waals surface area contributed by atoms with Gasteiger partial charge in [0.2, 0.25) is 0 Å². The number of hydrogen-bond acceptors (Lipinski definition) is 6. The Hall–Kier alpha value is -5.61. The Morgan fingerprint density at radius 3 is 1.32 bits per heavy atom. The van der Waals surface area contributed by atoms with Gasteiger partial charge in [0, 0.05) is 16.3 Å². The fourth-order valence-corrected chi connectivity index (χ4v) is 5.46. The Morgan fingerprint density at radius 1 is 0.446 bits per heavy atom. The van der Waals surface area contributed by atoms with Gasteiger partial charge < -0.3 is 13.9 Å². The van der Waals surface area contributed by atoms with E-state index in [2.05, 4.69) is 24.4 Å². The second kappa shape index (κ2) is 16.1. The predicted octanol–water partition coefficient (Wildman–Crippen LogP) is 12.7. The van der Waals surface area contributed by atoms with Crippen molar-refractivity contribution in [2.75, 3.05) is 13.2 Å². The number of aromatic nitrogens is 3. The van der Waals surface area contributed by atoms with Crippen LogP contribution in [0.1, 0.15) is 0 Å². The zero-order valence-corrected chi connectivity index (χ0v) is 30.6. The summed E-state index contributed by atoms with van der Waals surface area (Å²) >= 11 is 0. The van der Waals surface area contributed by atoms with Crippen LogP contribution in [0.2, 0.25) is 0 Å². The molecule has 0 amide bonds. The maximum absolute atomic E-state index is 14.6. The molecule has 2 heterocycles. The summed E-state index contributed by atoms with van der Waals surface area (Å²) in [6.45, 7) is -7.01. The Bertz CT molecular complexity index is 2420. The zero-order valence-electron chi connectivity index (χ0n) is 30.6. The van der Waals surface area contributed by atoms with Crippen LogP contribution in [0.25, 0.3) is 44.5 Å². The first kappa shape index (κ1) is 50.4. The lowest BCUT2D eigenvalue weighted by molar-refractivity contribution is -0.414. The van der Waals surface area contributed by atoms with Gasteiger partial charge in [0.1, 0.15) is 11.2 Å². The lowest BCUT2D eigenvalue weighted by Gasteiger charge is -2.39. The molecule has 0 bridgehead atoms. The smallest absolute Gasteiger partial charge is 0.384 e. The molecule has 30 heteroatoms. The van der Waals surface area contributed by atoms with Crippen molar-refractivity contribution in [2.24, 2.45) is 0 Å². The molecule has 0 saturated carbocycles. The molecule has 0 aliphatic heterocycles. The van der Waals surface area contributed by atoms with Crippen LogP contribution >= 0.6 is 0 Å². The lowest BCUT2D eigenvalue weighted by Crippen LogP contribution is -2.69. The van der Waals surface area contributed by atoms with Gasteiger partial charge in [-0.3, -0.25) is 0 Å². The van der Waals surface area contributed by atoms with Gasteiger partial charge in [0.15, 0.2) is 19.0 Å². The van der Waals surface area contributed by atoms with Crippen molar-refractivity contribution in [3.63, 3.8) is 0 Å². The zero-order chi connectivity index (χ0) is 49.4. The molecular weight excluding hydrogens is 966 g/mol. The summed E-state index contributed by atoms with van der Waals surface area (Å²) in [5.74, 6) is -77.7. The molecule has 0 aliphatic carbocycles. The number of hydrogen-bond donors (Lipinski definition) is 0. The Kier molecular flexibility index (Phi) is 12.5. The van der Waals surface area contributed by atoms with Crippen molar-refractivity contribution in [1.29, 1.82) is 0 Å². The number of nitrogens with zero attached hydrogens (tertiary/aromatic N) is 3. The fraction of sp³-hybridized carbons (Fsp3) is 0.400. The summed E-state index contributed by atoms with van der Waals surface area (Å²) in [6, 6.07) is 11.4. The predicted molar refractivity (Wildman–Crippen MR) is 170 cm³/mol. The first-order valence-corrected chi connectivity index (χ1v) is 16.8. The van der Waals surface area contributed by atoms with Crippen LogP contribution < -0.4 is 9.47 Å². The van der Waals surface area contributed by atoms with Gasteiger partial charge in [-0.25, -0.2) is 17.6 Å². The molecule has 5 rings (SSSR count). The molecule has 65 heavy (non-hydrogen) atoms. The normalized spacial score (nSPS) is 14.6. The molecule has 6 nitrogen and oxygen atoms in total. The number of furan rings is 1. The molecule has 0 unspecified atom stereocenters. The van der Waals surface area contributed by atoms with Crippen LogP contribution in [-0.2, 0) is 0 Å². The Balaban J connectivity index is 1.58. The minimum Gasteiger partial charge on any atom is -0.457 e. The maximum atomic E-state index is 14.6. The van der Waals surface area contributed by atoms with Crippen molar-refractivity contribution in [1.82, 2.24) is 15.0 Å². The molecule has 0 aliphatic rings. The second-order valence-corrected chi connectivity index (χ2v) is 13.4. The molecule has 358 valence electrons. The van der Waals surface area contributed by atoms with Gasteiger partial charge in [-0.2, -0.15) is 97.8 Å². The third-order valence-corrected chi connectivity index (χ3v) is 9.08. The average molecular weight is 983 g/mol. The van der Waals surface area contributed by atoms with E-state index >= 15 is 0 Å². The number of fused-ring (bicyclic) bond motifs is 3. The first-order chi connectivity index (χ1) is 29.4. The summed E-state index contributed by atoms with van der Waals surface area (Å²) in [5.41, 5.74) is 0.403. The molecule has 0 atom stereocenters. The molecule has 0 fully saturated rings. The summed E-state index contributed by atoms with van der Waals surface area (Å²) in [5, 5.41) is 0.580. The molecule has 0 spiro atoms. The summed E-state index contributed by atoms with van der Waals surface area (Å²) < 4.78 is 343. The maximum Gasteiger partial charge on any atom is 0.384 e. The molecular formula is C35H17F24N3O3. The number of rotatable bonds is 18. The summed E-state index contributed by atoms with van der Waals surface area (Å²) in [7, 11) is 0. The summed E-state index contributed by atoms with van der Waals surface area (Å²) in [6.07, 6.45) is -11.7. The van der Waals surface area contributed by atoms with Gasteiger partial charge >= 0.3 is 84.1 Å². The monoisotopic (exact) mass is 983 g/mol. The van der Waals surface area contributed by atoms with E-state index in [1.807, 2.05) is 0 Å². The van der Waals surface area contributed by atoms with E-state index in [4.69, 9.17) is 4.42 Å². The lowest BCUT2D eigenvalue weighted by atomic mass is 9.94. The first-order valence-electron chi connectivity index (χ1n) is 16.8. The van der Waals surface area contributed by atoms with Gasteiger partial charge in [-0.15, -0.1) is 4.98 Å². The van der Waals surface area contributed by atoms with Crippen molar-refractivity contribution < 1.29 is 119 Å². The summed E-state index contributed by atoms with van der Waals surface area (Å²) in [4.78, 5) is 9.04. The fourth-order valence-electron chi connectivity index (χ4n) is 5.46. The third-order valence-electron chi connectivity index (χ3n) is 9.08. The van der Waals surface area contributed by atoms with E-state index < -0.39 is 109 Å². The highest BCUT2D eigenvalue weighted by Crippen LogP contribution is 2.60. The topological polar surface area (TPSA) is 70.3 Å². The minimum atomic E-state index is -8.09. The molecule has 5 aromatic rings. The number of alkyl halides is 24. The van der Waals surface area contributed by atoms with Crippen molar-refractivity contribution in [3.8, 4) is 34.5 Å². The van der Waals surface area contributed by atoms with Crippen LogP contribution in [-0.4, -0.2) is 100 Å². The SMILES string of the molecule is FC(F)C(F)(F)C(F)(F)C(F)(F)C(F)(F)C(F)(F)COc1nc(OCC(F)(F)C(F)(F)C(F)(F)C(F)(F)C(F)(F)C(F)F)nc(-c2ccc3c(c2)oc2cccc(-c4ccccc4)c23)n1. The average Bonchev–Trinajstić information content (AvgIpc) is 3.60. The van der Waals surface area contributed by atoms with Gasteiger partial charge in [0.25, 0.3) is 0 Å². The van der Waals surface area contributed by atoms with Gasteiger partial charge in [-0.1, -0.05) is 48.5 Å². The van der Waals surface area contributed by atoms with E-state index in [-0.39, 0.29) is 16.6 Å². The van der Waals surface area contributed by atoms with Gasteiger partial charge in [0.05, 0.1) is 0 Å². The van der Waals surface area contributed by atoms with Crippen molar-refractivity contribution in [2.45, 2.75) is 72.1 Å². The molecule has 0 saturated heterocycles. The number of benzene rings is 3. The third kappa shape index (κ3) is 7.89. The molecule has 0 radical (unpaired) electrons. The number of halogens is 24. The van der Waals surface area contributed by atoms with Crippen molar-refractivity contribution >= 4 is 21.9 Å². The van der Waals surface area contributed by atoms with Gasteiger partial charge in [-0.05, 0) is 29.3 Å². The highest BCUT2D eigenvalue weighted by molar-refractivity contribution is 6.12. The second-order valence-electron chi connectivity index (χ2n) is 13.4. The minimum absolute atomic E-state index is 0.121. The van der Waals surface area contributed by atoms with Crippen LogP contribution in [0.4, 0.5) is 105 Å². The Labute approximate surface area is 343 Å². The highest BCUT2D eigenvalue weighted by Gasteiger charge is 2.89. The van der Waals surface area contributed by atoms with Crippen LogP contribution in [0.15, 0.2) is 71.1 Å². The largest absolute Gasteiger partial charge is 0.457 e. The van der Waals surface area contributed by atoms with E-state index in [0.29, 0.717) is 16.5 Å². The van der Waals surface area contributed by atoms with E-state index in [1.165, 1.54) is 12.1 Å². The molecule has 2 aromatic heterocycles. The van der Waals surface area contributed by atoms with Crippen LogP contribution in [0, 0.1) is 0 Å². The quantitative estimate of drug-likeness (QED) is 0.0815. The van der Waals surface area contributed by atoms with E-state index in [9.17, 15) is 105 Å². The molecule has 0 N–H and O–H groups in total. The van der Waals surface area contributed by atoms with Crippen LogP contribution in [0.3, 0.4) is 0 Å². The van der Waals surface area contributed by atoms with E-state index in [1.54, 1.807) is 36.4 Å². The Morgan fingerprint density at radius 2 is 0.892 bits per heavy atom. The van der Waals surface area contributed by atoms with Crippen LogP contribution in [0.5, 0.6) is 12.0 Å². The van der Waals surface area contributed by atoms with E-state index in [0.717, 1.165) is 18.2 Å².